The van der Waals surface area contributed by atoms with E-state index in [-0.39, 0.29) is 5.91 Å². The Bertz CT molecular complexity index is 411. The van der Waals surface area contributed by atoms with Crippen LogP contribution in [0.1, 0.15) is 6.92 Å². The quantitative estimate of drug-likeness (QED) is 0.577. The van der Waals surface area contributed by atoms with Crippen LogP contribution in [0.25, 0.3) is 0 Å². The maximum Gasteiger partial charge on any atom is 0.216 e. The zero-order chi connectivity index (χ0) is 12.7. The molecular formula is C11H14ClN3OS. The summed E-state index contributed by atoms with van der Waals surface area (Å²) in [6.45, 7) is 2.58. The van der Waals surface area contributed by atoms with Gasteiger partial charge in [-0.05, 0) is 30.4 Å². The van der Waals surface area contributed by atoms with Crippen LogP contribution in [0, 0.1) is 0 Å². The van der Waals surface area contributed by atoms with Gasteiger partial charge in [0.05, 0.1) is 0 Å². The van der Waals surface area contributed by atoms with Gasteiger partial charge < -0.3 is 16.0 Å². The molecule has 0 saturated heterocycles. The first-order valence-corrected chi connectivity index (χ1v) is 5.91. The van der Waals surface area contributed by atoms with Crippen LogP contribution in [0.2, 0.25) is 5.02 Å². The first kappa shape index (κ1) is 13.7. The van der Waals surface area contributed by atoms with Gasteiger partial charge in [-0.2, -0.15) is 0 Å². The van der Waals surface area contributed by atoms with E-state index >= 15 is 0 Å². The number of rotatable bonds is 4. The fraction of sp³-hybridized carbons (Fsp3) is 0.273. The van der Waals surface area contributed by atoms with Gasteiger partial charge >= 0.3 is 0 Å². The van der Waals surface area contributed by atoms with Gasteiger partial charge in [0.15, 0.2) is 5.11 Å². The minimum Gasteiger partial charge on any atom is -0.361 e. The number of carbonyl (C=O) groups is 1. The Morgan fingerprint density at radius 1 is 1.35 bits per heavy atom. The largest absolute Gasteiger partial charge is 0.361 e. The van der Waals surface area contributed by atoms with Crippen molar-refractivity contribution in [1.82, 2.24) is 10.6 Å². The molecule has 1 amide bonds. The van der Waals surface area contributed by atoms with E-state index in [0.29, 0.717) is 23.2 Å². The highest BCUT2D eigenvalue weighted by molar-refractivity contribution is 7.80. The summed E-state index contributed by atoms with van der Waals surface area (Å²) in [5, 5.41) is 9.77. The summed E-state index contributed by atoms with van der Waals surface area (Å²) >= 11 is 10.9. The van der Waals surface area contributed by atoms with Gasteiger partial charge in [0.25, 0.3) is 0 Å². The van der Waals surface area contributed by atoms with Crippen molar-refractivity contribution < 1.29 is 4.79 Å². The molecule has 17 heavy (non-hydrogen) atoms. The van der Waals surface area contributed by atoms with E-state index in [1.807, 2.05) is 12.1 Å². The normalized spacial score (nSPS) is 9.53. The van der Waals surface area contributed by atoms with Gasteiger partial charge in [0.2, 0.25) is 5.91 Å². The van der Waals surface area contributed by atoms with E-state index in [9.17, 15) is 4.79 Å². The lowest BCUT2D eigenvalue weighted by Gasteiger charge is -2.10. The smallest absolute Gasteiger partial charge is 0.216 e. The van der Waals surface area contributed by atoms with Crippen molar-refractivity contribution in [2.45, 2.75) is 6.92 Å². The van der Waals surface area contributed by atoms with Crippen molar-refractivity contribution in [3.8, 4) is 0 Å². The number of anilines is 1. The second kappa shape index (κ2) is 7.09. The summed E-state index contributed by atoms with van der Waals surface area (Å²) < 4.78 is 0. The summed E-state index contributed by atoms with van der Waals surface area (Å²) in [5.41, 5.74) is 0.828. The highest BCUT2D eigenvalue weighted by atomic mass is 35.5. The van der Waals surface area contributed by atoms with Crippen LogP contribution < -0.4 is 16.0 Å². The molecule has 0 heterocycles. The Kier molecular flexibility index (Phi) is 5.72. The predicted octanol–water partition coefficient (Wildman–Crippen LogP) is 1.76. The van der Waals surface area contributed by atoms with Gasteiger partial charge in [0, 0.05) is 30.7 Å². The van der Waals surface area contributed by atoms with Crippen LogP contribution in [-0.2, 0) is 4.79 Å². The minimum absolute atomic E-state index is 0.0551. The predicted molar refractivity (Wildman–Crippen MR) is 74.4 cm³/mol. The Hall–Kier alpha value is -1.33. The van der Waals surface area contributed by atoms with Crippen LogP contribution in [0.4, 0.5) is 5.69 Å². The fourth-order valence-corrected chi connectivity index (χ4v) is 1.57. The number of hydrogen-bond acceptors (Lipinski definition) is 2. The zero-order valence-electron chi connectivity index (χ0n) is 9.42. The molecule has 0 aromatic heterocycles. The molecule has 0 aliphatic rings. The average molecular weight is 272 g/mol. The fourth-order valence-electron chi connectivity index (χ4n) is 1.16. The first-order chi connectivity index (χ1) is 8.08. The van der Waals surface area contributed by atoms with E-state index in [4.69, 9.17) is 23.8 Å². The number of benzene rings is 1. The van der Waals surface area contributed by atoms with Crippen molar-refractivity contribution in [2.24, 2.45) is 0 Å². The van der Waals surface area contributed by atoms with E-state index < -0.39 is 0 Å². The number of carbonyl (C=O) groups excluding carboxylic acids is 1. The molecule has 0 aliphatic carbocycles. The molecule has 0 bridgehead atoms. The Labute approximate surface area is 111 Å². The van der Waals surface area contributed by atoms with Gasteiger partial charge in [-0.25, -0.2) is 0 Å². The number of nitrogens with one attached hydrogen (secondary N) is 3. The van der Waals surface area contributed by atoms with Gasteiger partial charge in [-0.1, -0.05) is 17.7 Å². The van der Waals surface area contributed by atoms with Gasteiger partial charge in [-0.15, -0.1) is 0 Å². The zero-order valence-corrected chi connectivity index (χ0v) is 11.0. The summed E-state index contributed by atoms with van der Waals surface area (Å²) in [6.07, 6.45) is 0. The molecule has 1 aromatic carbocycles. The van der Waals surface area contributed by atoms with E-state index in [1.54, 1.807) is 12.1 Å². The third kappa shape index (κ3) is 6.09. The van der Waals surface area contributed by atoms with Crippen molar-refractivity contribution in [2.75, 3.05) is 18.4 Å². The van der Waals surface area contributed by atoms with Crippen LogP contribution in [0.3, 0.4) is 0 Å². The Balaban J connectivity index is 2.27. The third-order valence-electron chi connectivity index (χ3n) is 1.87. The topological polar surface area (TPSA) is 53.2 Å². The van der Waals surface area contributed by atoms with E-state index in [1.165, 1.54) is 6.92 Å². The van der Waals surface area contributed by atoms with Crippen LogP contribution in [0.15, 0.2) is 24.3 Å². The second-order valence-electron chi connectivity index (χ2n) is 3.37. The summed E-state index contributed by atoms with van der Waals surface area (Å²) in [5.74, 6) is -0.0551. The molecule has 0 spiro atoms. The van der Waals surface area contributed by atoms with Gasteiger partial charge in [0.1, 0.15) is 0 Å². The molecule has 6 heteroatoms. The molecule has 0 saturated carbocycles. The molecule has 4 nitrogen and oxygen atoms in total. The highest BCUT2D eigenvalue weighted by Gasteiger charge is 1.97. The second-order valence-corrected chi connectivity index (χ2v) is 4.22. The van der Waals surface area contributed by atoms with E-state index in [0.717, 1.165) is 5.69 Å². The Morgan fingerprint density at radius 2 is 2.06 bits per heavy atom. The monoisotopic (exact) mass is 271 g/mol. The first-order valence-electron chi connectivity index (χ1n) is 5.13. The maximum absolute atomic E-state index is 10.6. The SMILES string of the molecule is CC(=O)NCCNC(=S)Nc1cccc(Cl)c1. The van der Waals surface area contributed by atoms with Crippen LogP contribution in [-0.4, -0.2) is 24.1 Å². The number of halogens is 1. The molecular weight excluding hydrogens is 258 g/mol. The maximum atomic E-state index is 10.6. The van der Waals surface area contributed by atoms with Gasteiger partial charge in [-0.3, -0.25) is 4.79 Å². The molecule has 1 aromatic rings. The van der Waals surface area contributed by atoms with Crippen molar-refractivity contribution in [1.29, 1.82) is 0 Å². The van der Waals surface area contributed by atoms with Crippen LogP contribution in [0.5, 0.6) is 0 Å². The molecule has 0 unspecified atom stereocenters. The highest BCUT2D eigenvalue weighted by Crippen LogP contribution is 2.14. The van der Waals surface area contributed by atoms with Crippen molar-refractivity contribution >= 4 is 40.5 Å². The van der Waals surface area contributed by atoms with Crippen molar-refractivity contribution in [3.05, 3.63) is 29.3 Å². The standard InChI is InChI=1S/C11H14ClN3OS/c1-8(16)13-5-6-14-11(17)15-10-4-2-3-9(12)7-10/h2-4,7H,5-6H2,1H3,(H,13,16)(H2,14,15,17). The lowest BCUT2D eigenvalue weighted by Crippen LogP contribution is -2.35. The summed E-state index contributed by atoms with van der Waals surface area (Å²) in [7, 11) is 0. The summed E-state index contributed by atoms with van der Waals surface area (Å²) in [6, 6.07) is 7.28. The summed E-state index contributed by atoms with van der Waals surface area (Å²) in [4.78, 5) is 10.6. The number of thiocarbonyl (C=S) groups is 1. The molecule has 0 fully saturated rings. The molecule has 3 N–H and O–H groups in total. The molecule has 0 aliphatic heterocycles. The lowest BCUT2D eigenvalue weighted by atomic mass is 10.3. The molecule has 0 atom stereocenters. The number of hydrogen-bond donors (Lipinski definition) is 3. The Morgan fingerprint density at radius 3 is 2.71 bits per heavy atom. The number of amides is 1. The average Bonchev–Trinajstić information content (AvgIpc) is 2.24. The van der Waals surface area contributed by atoms with Crippen LogP contribution >= 0.6 is 23.8 Å². The van der Waals surface area contributed by atoms with Crippen molar-refractivity contribution in [3.63, 3.8) is 0 Å². The minimum atomic E-state index is -0.0551. The molecule has 92 valence electrons. The van der Waals surface area contributed by atoms with E-state index in [2.05, 4.69) is 16.0 Å². The molecule has 1 rings (SSSR count). The third-order valence-corrected chi connectivity index (χ3v) is 2.35. The lowest BCUT2D eigenvalue weighted by molar-refractivity contribution is -0.118. The molecule has 0 radical (unpaired) electrons.